The van der Waals surface area contributed by atoms with E-state index in [-0.39, 0.29) is 0 Å². The standard InChI is InChI=1S/C18H19ClN2OS/c1-14-4-7-17(21(2)11-3-10-20)12-15(14)13-23(22)18-8-5-16(19)6-9-18/h4-9,12H,3,11,13H2,1-2H3. The second-order valence-electron chi connectivity index (χ2n) is 5.38. The first kappa shape index (κ1) is 17.5. The third kappa shape index (κ3) is 4.82. The molecule has 1 atom stereocenters. The molecule has 0 saturated carbocycles. The maximum Gasteiger partial charge on any atom is 0.0640 e. The molecule has 0 aromatic heterocycles. The summed E-state index contributed by atoms with van der Waals surface area (Å²) >= 11 is 5.87. The van der Waals surface area contributed by atoms with Gasteiger partial charge in [-0.05, 0) is 54.4 Å². The quantitative estimate of drug-likeness (QED) is 0.783. The molecule has 1 unspecified atom stereocenters. The second kappa shape index (κ2) is 8.14. The Hall–Kier alpha value is -1.83. The first-order chi connectivity index (χ1) is 11.0. The monoisotopic (exact) mass is 346 g/mol. The number of nitriles is 1. The van der Waals surface area contributed by atoms with E-state index in [1.807, 2.05) is 31.0 Å². The molecule has 0 aliphatic carbocycles. The van der Waals surface area contributed by atoms with Crippen molar-refractivity contribution in [3.8, 4) is 6.07 Å². The van der Waals surface area contributed by atoms with Crippen molar-refractivity contribution in [3.05, 3.63) is 58.6 Å². The highest BCUT2D eigenvalue weighted by atomic mass is 35.5. The fraction of sp³-hybridized carbons (Fsp3) is 0.278. The van der Waals surface area contributed by atoms with Gasteiger partial charge in [-0.1, -0.05) is 17.7 Å². The Kier molecular flexibility index (Phi) is 6.20. The molecular formula is C18H19ClN2OS. The fourth-order valence-electron chi connectivity index (χ4n) is 2.21. The summed E-state index contributed by atoms with van der Waals surface area (Å²) in [7, 11) is 0.851. The number of rotatable bonds is 6. The lowest BCUT2D eigenvalue weighted by Crippen LogP contribution is -2.18. The van der Waals surface area contributed by atoms with Crippen LogP contribution >= 0.6 is 11.6 Å². The molecule has 0 amide bonds. The molecule has 0 aliphatic heterocycles. The number of aryl methyl sites for hydroxylation is 1. The van der Waals surface area contributed by atoms with Gasteiger partial charge in [0.05, 0.1) is 29.0 Å². The first-order valence-electron chi connectivity index (χ1n) is 7.33. The van der Waals surface area contributed by atoms with E-state index in [4.69, 9.17) is 16.9 Å². The third-order valence-electron chi connectivity index (χ3n) is 3.70. The van der Waals surface area contributed by atoms with Gasteiger partial charge in [0.1, 0.15) is 0 Å². The van der Waals surface area contributed by atoms with Gasteiger partial charge < -0.3 is 4.90 Å². The average Bonchev–Trinajstić information content (AvgIpc) is 2.55. The van der Waals surface area contributed by atoms with Crippen molar-refractivity contribution in [3.63, 3.8) is 0 Å². The molecule has 2 aromatic rings. The Labute approximate surface area is 145 Å². The Morgan fingerprint density at radius 2 is 1.91 bits per heavy atom. The van der Waals surface area contributed by atoms with Gasteiger partial charge in [0.15, 0.2) is 0 Å². The van der Waals surface area contributed by atoms with Crippen LogP contribution in [0.3, 0.4) is 0 Å². The van der Waals surface area contributed by atoms with Crippen LogP contribution in [0.4, 0.5) is 5.69 Å². The largest absolute Gasteiger partial charge is 0.374 e. The van der Waals surface area contributed by atoms with Gasteiger partial charge in [-0.15, -0.1) is 0 Å². The van der Waals surface area contributed by atoms with Crippen molar-refractivity contribution >= 4 is 28.1 Å². The predicted octanol–water partition coefficient (Wildman–Crippen LogP) is 4.31. The van der Waals surface area contributed by atoms with E-state index in [0.29, 0.717) is 23.7 Å². The SMILES string of the molecule is Cc1ccc(N(C)CCC#N)cc1CS(=O)c1ccc(Cl)cc1. The minimum atomic E-state index is -1.11. The van der Waals surface area contributed by atoms with Crippen LogP contribution in [0, 0.1) is 18.3 Å². The molecule has 2 rings (SSSR count). The average molecular weight is 347 g/mol. The number of halogens is 1. The van der Waals surface area contributed by atoms with Crippen LogP contribution in [0.15, 0.2) is 47.4 Å². The van der Waals surface area contributed by atoms with E-state index in [1.54, 1.807) is 24.3 Å². The highest BCUT2D eigenvalue weighted by Gasteiger charge is 2.10. The summed E-state index contributed by atoms with van der Waals surface area (Å²) < 4.78 is 12.5. The van der Waals surface area contributed by atoms with E-state index in [2.05, 4.69) is 12.1 Å². The van der Waals surface area contributed by atoms with Gasteiger partial charge >= 0.3 is 0 Å². The molecule has 0 fully saturated rings. The topological polar surface area (TPSA) is 44.1 Å². The molecule has 0 saturated heterocycles. The van der Waals surface area contributed by atoms with Gasteiger partial charge in [0.2, 0.25) is 0 Å². The van der Waals surface area contributed by atoms with Crippen molar-refractivity contribution in [1.82, 2.24) is 0 Å². The van der Waals surface area contributed by atoms with Crippen molar-refractivity contribution < 1.29 is 4.21 Å². The molecule has 120 valence electrons. The molecule has 0 bridgehead atoms. The molecule has 3 nitrogen and oxygen atoms in total. The minimum absolute atomic E-state index is 0.466. The van der Waals surface area contributed by atoms with Crippen molar-refractivity contribution in [1.29, 1.82) is 5.26 Å². The van der Waals surface area contributed by atoms with Crippen LogP contribution in [-0.4, -0.2) is 17.8 Å². The smallest absolute Gasteiger partial charge is 0.0640 e. The number of benzene rings is 2. The molecule has 0 N–H and O–H groups in total. The van der Waals surface area contributed by atoms with Gasteiger partial charge in [-0.3, -0.25) is 4.21 Å². The summed E-state index contributed by atoms with van der Waals surface area (Å²) in [4.78, 5) is 2.81. The Morgan fingerprint density at radius 1 is 1.22 bits per heavy atom. The van der Waals surface area contributed by atoms with Crippen LogP contribution in [0.1, 0.15) is 17.5 Å². The maximum absolute atomic E-state index is 12.5. The lowest BCUT2D eigenvalue weighted by atomic mass is 10.1. The summed E-state index contributed by atoms with van der Waals surface area (Å²) in [5.74, 6) is 0.466. The molecule has 0 aliphatic rings. The van der Waals surface area contributed by atoms with Crippen LogP contribution < -0.4 is 4.90 Å². The normalized spacial score (nSPS) is 11.7. The van der Waals surface area contributed by atoms with Crippen LogP contribution in [0.25, 0.3) is 0 Å². The van der Waals surface area contributed by atoms with Crippen molar-refractivity contribution in [2.45, 2.75) is 24.0 Å². The van der Waals surface area contributed by atoms with Gasteiger partial charge in [-0.2, -0.15) is 5.26 Å². The van der Waals surface area contributed by atoms with Crippen LogP contribution in [-0.2, 0) is 16.6 Å². The van der Waals surface area contributed by atoms with Crippen LogP contribution in [0.2, 0.25) is 5.02 Å². The molecule has 23 heavy (non-hydrogen) atoms. The van der Waals surface area contributed by atoms with E-state index in [1.165, 1.54) is 0 Å². The number of nitrogens with zero attached hydrogens (tertiary/aromatic N) is 2. The van der Waals surface area contributed by atoms with E-state index in [0.717, 1.165) is 21.7 Å². The Balaban J connectivity index is 2.17. The van der Waals surface area contributed by atoms with Gasteiger partial charge in [-0.25, -0.2) is 0 Å². The summed E-state index contributed by atoms with van der Waals surface area (Å²) in [6, 6.07) is 15.4. The molecule has 0 spiro atoms. The summed E-state index contributed by atoms with van der Waals surface area (Å²) in [5, 5.41) is 9.34. The van der Waals surface area contributed by atoms with Crippen LogP contribution in [0.5, 0.6) is 0 Å². The number of hydrogen-bond donors (Lipinski definition) is 0. The summed E-state index contributed by atoms with van der Waals surface area (Å²) in [5.41, 5.74) is 3.21. The van der Waals surface area contributed by atoms with E-state index >= 15 is 0 Å². The van der Waals surface area contributed by atoms with Crippen molar-refractivity contribution in [2.75, 3.05) is 18.5 Å². The van der Waals surface area contributed by atoms with Crippen molar-refractivity contribution in [2.24, 2.45) is 0 Å². The molecule has 5 heteroatoms. The van der Waals surface area contributed by atoms with E-state index in [9.17, 15) is 4.21 Å². The maximum atomic E-state index is 12.5. The second-order valence-corrected chi connectivity index (χ2v) is 7.27. The lowest BCUT2D eigenvalue weighted by molar-refractivity contribution is 0.682. The fourth-order valence-corrected chi connectivity index (χ4v) is 3.53. The zero-order chi connectivity index (χ0) is 16.8. The number of hydrogen-bond acceptors (Lipinski definition) is 3. The lowest BCUT2D eigenvalue weighted by Gasteiger charge is -2.19. The Morgan fingerprint density at radius 3 is 2.57 bits per heavy atom. The van der Waals surface area contributed by atoms with Gasteiger partial charge in [0.25, 0.3) is 0 Å². The highest BCUT2D eigenvalue weighted by molar-refractivity contribution is 7.84. The summed E-state index contributed by atoms with van der Waals surface area (Å²) in [6.45, 7) is 2.70. The molecular weight excluding hydrogens is 328 g/mol. The molecule has 0 radical (unpaired) electrons. The van der Waals surface area contributed by atoms with E-state index < -0.39 is 10.8 Å². The molecule has 0 heterocycles. The molecule has 2 aromatic carbocycles. The zero-order valence-corrected chi connectivity index (χ0v) is 14.8. The first-order valence-corrected chi connectivity index (χ1v) is 9.02. The zero-order valence-electron chi connectivity index (χ0n) is 13.3. The predicted molar refractivity (Wildman–Crippen MR) is 96.2 cm³/mol. The third-order valence-corrected chi connectivity index (χ3v) is 5.32. The highest BCUT2D eigenvalue weighted by Crippen LogP contribution is 2.22. The summed E-state index contributed by atoms with van der Waals surface area (Å²) in [6.07, 6.45) is 0.483. The Bertz CT molecular complexity index is 738. The minimum Gasteiger partial charge on any atom is -0.374 e. The van der Waals surface area contributed by atoms with Gasteiger partial charge in [0, 0.05) is 29.2 Å². The number of anilines is 1.